The summed E-state index contributed by atoms with van der Waals surface area (Å²) >= 11 is 0. The maximum Gasteiger partial charge on any atom is 0.401 e. The Hall–Kier alpha value is -0.290. The fourth-order valence-electron chi connectivity index (χ4n) is 2.44. The monoisotopic (exact) mass is 223 g/mol. The number of halogens is 3. The summed E-state index contributed by atoms with van der Waals surface area (Å²) in [4.78, 5) is 1.47. The van der Waals surface area contributed by atoms with Gasteiger partial charge in [-0.1, -0.05) is 0 Å². The highest BCUT2D eigenvalue weighted by Gasteiger charge is 2.44. The molecule has 0 aromatic rings. The first kappa shape index (κ1) is 11.2. The maximum absolute atomic E-state index is 12.4. The van der Waals surface area contributed by atoms with Gasteiger partial charge >= 0.3 is 6.18 Å². The molecule has 0 bridgehead atoms. The molecule has 2 atom stereocenters. The van der Waals surface area contributed by atoms with Crippen LogP contribution in [0.25, 0.3) is 0 Å². The van der Waals surface area contributed by atoms with Crippen molar-refractivity contribution in [3.63, 3.8) is 0 Å². The van der Waals surface area contributed by atoms with Crippen LogP contribution in [0.4, 0.5) is 13.2 Å². The Kier molecular flexibility index (Phi) is 2.94. The van der Waals surface area contributed by atoms with Crippen molar-refractivity contribution in [2.75, 3.05) is 6.54 Å². The molecule has 2 nitrogen and oxygen atoms in total. The number of hydrogen-bond donors (Lipinski definition) is 1. The van der Waals surface area contributed by atoms with Crippen LogP contribution in [-0.4, -0.2) is 40.9 Å². The summed E-state index contributed by atoms with van der Waals surface area (Å²) in [5.74, 6) is 0. The van der Waals surface area contributed by atoms with Gasteiger partial charge < -0.3 is 5.11 Å². The number of aliphatic hydroxyl groups is 1. The van der Waals surface area contributed by atoms with Gasteiger partial charge in [0.05, 0.1) is 12.6 Å². The molecule has 2 rings (SSSR count). The fraction of sp³-hybridized carbons (Fsp3) is 1.00. The van der Waals surface area contributed by atoms with Gasteiger partial charge in [0.1, 0.15) is 0 Å². The zero-order valence-corrected chi connectivity index (χ0v) is 8.50. The van der Waals surface area contributed by atoms with Crippen LogP contribution in [-0.2, 0) is 0 Å². The molecule has 2 aliphatic rings. The van der Waals surface area contributed by atoms with Crippen molar-refractivity contribution in [3.05, 3.63) is 0 Å². The van der Waals surface area contributed by atoms with E-state index in [2.05, 4.69) is 0 Å². The molecule has 0 radical (unpaired) electrons. The lowest BCUT2D eigenvalue weighted by Gasteiger charge is -2.31. The fourth-order valence-corrected chi connectivity index (χ4v) is 2.44. The Morgan fingerprint density at radius 2 is 1.80 bits per heavy atom. The average Bonchev–Trinajstić information content (AvgIpc) is 2.85. The first-order chi connectivity index (χ1) is 6.97. The van der Waals surface area contributed by atoms with Gasteiger partial charge in [0.25, 0.3) is 0 Å². The van der Waals surface area contributed by atoms with E-state index >= 15 is 0 Å². The number of hydrogen-bond acceptors (Lipinski definition) is 2. The van der Waals surface area contributed by atoms with Crippen molar-refractivity contribution in [1.82, 2.24) is 4.90 Å². The third-order valence-corrected chi connectivity index (χ3v) is 3.25. The van der Waals surface area contributed by atoms with Gasteiger partial charge in [-0.25, -0.2) is 0 Å². The number of nitrogens with zero attached hydrogens (tertiary/aromatic N) is 1. The Morgan fingerprint density at radius 1 is 1.13 bits per heavy atom. The molecule has 2 unspecified atom stereocenters. The SMILES string of the molecule is OC1CCCC1N(CC(F)(F)F)C1CC1. The van der Waals surface area contributed by atoms with Crippen LogP contribution in [0.1, 0.15) is 32.1 Å². The third-order valence-electron chi connectivity index (χ3n) is 3.25. The first-order valence-corrected chi connectivity index (χ1v) is 5.48. The molecule has 0 saturated heterocycles. The van der Waals surface area contributed by atoms with E-state index in [9.17, 15) is 18.3 Å². The van der Waals surface area contributed by atoms with Crippen molar-refractivity contribution in [2.45, 2.75) is 56.5 Å². The lowest BCUT2D eigenvalue weighted by atomic mass is 10.1. The predicted octanol–water partition coefficient (Wildman–Crippen LogP) is 1.93. The normalized spacial score (nSPS) is 32.6. The largest absolute Gasteiger partial charge is 0.401 e. The Labute approximate surface area is 87.1 Å². The molecule has 0 amide bonds. The molecule has 2 saturated carbocycles. The van der Waals surface area contributed by atoms with Crippen LogP contribution in [0.3, 0.4) is 0 Å². The molecule has 0 spiro atoms. The number of alkyl halides is 3. The minimum Gasteiger partial charge on any atom is -0.391 e. The van der Waals surface area contributed by atoms with Crippen molar-refractivity contribution < 1.29 is 18.3 Å². The second-order valence-electron chi connectivity index (χ2n) is 4.58. The average molecular weight is 223 g/mol. The lowest BCUT2D eigenvalue weighted by molar-refractivity contribution is -0.155. The molecule has 88 valence electrons. The van der Waals surface area contributed by atoms with Crippen LogP contribution >= 0.6 is 0 Å². The minimum absolute atomic E-state index is 0.0596. The first-order valence-electron chi connectivity index (χ1n) is 5.48. The Bertz CT molecular complexity index is 227. The summed E-state index contributed by atoms with van der Waals surface area (Å²) in [6.45, 7) is -0.862. The third kappa shape index (κ3) is 2.84. The zero-order valence-electron chi connectivity index (χ0n) is 8.50. The van der Waals surface area contributed by atoms with E-state index in [-0.39, 0.29) is 12.1 Å². The predicted molar refractivity (Wildman–Crippen MR) is 49.4 cm³/mol. The Balaban J connectivity index is 1.99. The molecule has 5 heteroatoms. The van der Waals surface area contributed by atoms with Gasteiger partial charge in [-0.3, -0.25) is 4.90 Å². The second kappa shape index (κ2) is 3.94. The summed E-state index contributed by atoms with van der Waals surface area (Å²) in [6.07, 6.45) is -0.830. The molecule has 2 aliphatic carbocycles. The van der Waals surface area contributed by atoms with Gasteiger partial charge in [-0.15, -0.1) is 0 Å². The lowest BCUT2D eigenvalue weighted by Crippen LogP contribution is -2.46. The molecule has 0 aromatic heterocycles. The molecular formula is C10H16F3NO. The van der Waals surface area contributed by atoms with Crippen LogP contribution in [0.2, 0.25) is 0 Å². The molecule has 2 fully saturated rings. The van der Waals surface area contributed by atoms with Crippen molar-refractivity contribution >= 4 is 0 Å². The standard InChI is InChI=1S/C10H16F3NO/c11-10(12,13)6-14(7-4-5-7)8-2-1-3-9(8)15/h7-9,15H,1-6H2. The van der Waals surface area contributed by atoms with Crippen LogP contribution in [0, 0.1) is 0 Å². The highest BCUT2D eigenvalue weighted by atomic mass is 19.4. The summed E-state index contributed by atoms with van der Waals surface area (Å²) < 4.78 is 37.1. The summed E-state index contributed by atoms with van der Waals surface area (Å²) in [7, 11) is 0. The quantitative estimate of drug-likeness (QED) is 0.790. The van der Waals surface area contributed by atoms with Crippen molar-refractivity contribution in [2.24, 2.45) is 0 Å². The van der Waals surface area contributed by atoms with Crippen LogP contribution < -0.4 is 0 Å². The van der Waals surface area contributed by atoms with Crippen LogP contribution in [0.5, 0.6) is 0 Å². The van der Waals surface area contributed by atoms with Gasteiger partial charge in [-0.2, -0.15) is 13.2 Å². The topological polar surface area (TPSA) is 23.5 Å². The van der Waals surface area contributed by atoms with E-state index in [1.165, 1.54) is 4.90 Å². The number of aliphatic hydroxyl groups excluding tert-OH is 1. The van der Waals surface area contributed by atoms with E-state index in [0.717, 1.165) is 19.3 Å². The zero-order chi connectivity index (χ0) is 11.1. The molecule has 0 aromatic carbocycles. The second-order valence-corrected chi connectivity index (χ2v) is 4.58. The van der Waals surface area contributed by atoms with Crippen LogP contribution in [0.15, 0.2) is 0 Å². The summed E-state index contributed by atoms with van der Waals surface area (Å²) in [6, 6.07) is -0.205. The van der Waals surface area contributed by atoms with E-state index in [4.69, 9.17) is 0 Å². The minimum atomic E-state index is -4.15. The summed E-state index contributed by atoms with van der Waals surface area (Å²) in [5.41, 5.74) is 0. The van der Waals surface area contributed by atoms with E-state index in [1.807, 2.05) is 0 Å². The highest BCUT2D eigenvalue weighted by Crippen LogP contribution is 2.36. The van der Waals surface area contributed by atoms with Crippen molar-refractivity contribution in [1.29, 1.82) is 0 Å². The molecule has 0 aliphatic heterocycles. The summed E-state index contributed by atoms with van der Waals surface area (Å²) in [5, 5.41) is 9.62. The molecule has 0 heterocycles. The van der Waals surface area contributed by atoms with E-state index < -0.39 is 18.8 Å². The highest BCUT2D eigenvalue weighted by molar-refractivity contribution is 4.94. The van der Waals surface area contributed by atoms with E-state index in [1.54, 1.807) is 0 Å². The maximum atomic E-state index is 12.4. The Morgan fingerprint density at radius 3 is 2.20 bits per heavy atom. The smallest absolute Gasteiger partial charge is 0.391 e. The number of rotatable bonds is 3. The molecule has 1 N–H and O–H groups in total. The van der Waals surface area contributed by atoms with Gasteiger partial charge in [0.2, 0.25) is 0 Å². The van der Waals surface area contributed by atoms with E-state index in [0.29, 0.717) is 12.8 Å². The molecular weight excluding hydrogens is 207 g/mol. The molecule has 15 heavy (non-hydrogen) atoms. The van der Waals surface area contributed by atoms with Gasteiger partial charge in [0.15, 0.2) is 0 Å². The van der Waals surface area contributed by atoms with Gasteiger partial charge in [0, 0.05) is 12.1 Å². The van der Waals surface area contributed by atoms with Gasteiger partial charge in [-0.05, 0) is 32.1 Å². The van der Waals surface area contributed by atoms with Crippen molar-refractivity contribution in [3.8, 4) is 0 Å².